The van der Waals surface area contributed by atoms with Crippen LogP contribution >= 0.6 is 11.6 Å². The Bertz CT molecular complexity index is 841. The van der Waals surface area contributed by atoms with Crippen molar-refractivity contribution >= 4 is 34.8 Å². The molecule has 2 aromatic carbocycles. The average Bonchev–Trinajstić information content (AvgIpc) is 2.80. The van der Waals surface area contributed by atoms with E-state index in [-0.39, 0.29) is 10.7 Å². The molecule has 0 unspecified atom stereocenters. The smallest absolute Gasteiger partial charge is 0.283 e. The highest BCUT2D eigenvalue weighted by Crippen LogP contribution is 2.32. The zero-order chi connectivity index (χ0) is 17.3. The lowest BCUT2D eigenvalue weighted by atomic mass is 10.1. The van der Waals surface area contributed by atoms with Crippen LogP contribution in [0, 0.1) is 6.92 Å². The van der Waals surface area contributed by atoms with Crippen LogP contribution in [0.1, 0.15) is 18.1 Å². The quantitative estimate of drug-likeness (QED) is 0.856. The molecule has 1 heterocycles. The predicted octanol–water partition coefficient (Wildman–Crippen LogP) is 3.99. The Balaban J connectivity index is 1.94. The first-order valence-corrected chi connectivity index (χ1v) is 8.11. The molecule has 4 nitrogen and oxygen atoms in total. The molecular weight excluding hydrogens is 324 g/mol. The van der Waals surface area contributed by atoms with E-state index in [0.717, 1.165) is 16.0 Å². The number of amides is 2. The number of nitrogens with zero attached hydrogens (tertiary/aromatic N) is 1. The van der Waals surface area contributed by atoms with Crippen molar-refractivity contribution in [3.63, 3.8) is 0 Å². The minimum absolute atomic E-state index is 0.0912. The number of benzene rings is 2. The molecule has 24 heavy (non-hydrogen) atoms. The van der Waals surface area contributed by atoms with E-state index >= 15 is 0 Å². The Labute approximate surface area is 145 Å². The van der Waals surface area contributed by atoms with Crippen LogP contribution in [0.25, 0.3) is 0 Å². The summed E-state index contributed by atoms with van der Waals surface area (Å²) < 4.78 is 0. The van der Waals surface area contributed by atoms with Gasteiger partial charge in [0.25, 0.3) is 11.8 Å². The molecule has 1 aliphatic heterocycles. The Morgan fingerprint density at radius 2 is 1.67 bits per heavy atom. The molecule has 0 fully saturated rings. The molecule has 1 N–H and O–H groups in total. The molecule has 0 saturated carbocycles. The molecule has 0 aliphatic carbocycles. The number of anilines is 2. The molecule has 0 atom stereocenters. The molecule has 0 radical (unpaired) electrons. The number of imide groups is 1. The van der Waals surface area contributed by atoms with Crippen LogP contribution < -0.4 is 10.2 Å². The molecule has 122 valence electrons. The van der Waals surface area contributed by atoms with Gasteiger partial charge >= 0.3 is 0 Å². The normalized spacial score (nSPS) is 14.5. The van der Waals surface area contributed by atoms with Gasteiger partial charge in [-0.1, -0.05) is 54.4 Å². The van der Waals surface area contributed by atoms with E-state index in [2.05, 4.69) is 5.32 Å². The third kappa shape index (κ3) is 2.81. The van der Waals surface area contributed by atoms with Crippen LogP contribution in [0.2, 0.25) is 0 Å². The number of halogens is 1. The highest BCUT2D eigenvalue weighted by Gasteiger charge is 2.39. The van der Waals surface area contributed by atoms with Crippen molar-refractivity contribution in [2.75, 3.05) is 10.2 Å². The van der Waals surface area contributed by atoms with Crippen molar-refractivity contribution in [3.8, 4) is 0 Å². The van der Waals surface area contributed by atoms with Crippen LogP contribution in [-0.4, -0.2) is 11.8 Å². The molecule has 2 aromatic rings. The highest BCUT2D eigenvalue weighted by molar-refractivity contribution is 6.53. The minimum Gasteiger partial charge on any atom is -0.350 e. The average molecular weight is 341 g/mol. The summed E-state index contributed by atoms with van der Waals surface area (Å²) in [7, 11) is 0. The summed E-state index contributed by atoms with van der Waals surface area (Å²) in [5.41, 5.74) is 3.42. The Kier molecular flexibility index (Phi) is 4.40. The Morgan fingerprint density at radius 3 is 2.33 bits per heavy atom. The van der Waals surface area contributed by atoms with E-state index in [1.165, 1.54) is 0 Å². The molecular formula is C19H17ClN2O2. The van der Waals surface area contributed by atoms with Gasteiger partial charge in [-0.05, 0) is 37.1 Å². The van der Waals surface area contributed by atoms with Gasteiger partial charge in [0.2, 0.25) is 0 Å². The van der Waals surface area contributed by atoms with Gasteiger partial charge in [0.15, 0.2) is 0 Å². The summed E-state index contributed by atoms with van der Waals surface area (Å²) >= 11 is 6.15. The predicted molar refractivity (Wildman–Crippen MR) is 96.0 cm³/mol. The van der Waals surface area contributed by atoms with Crippen molar-refractivity contribution in [3.05, 3.63) is 70.4 Å². The van der Waals surface area contributed by atoms with Crippen molar-refractivity contribution in [1.82, 2.24) is 0 Å². The molecule has 0 saturated heterocycles. The van der Waals surface area contributed by atoms with Gasteiger partial charge in [0.05, 0.1) is 5.69 Å². The zero-order valence-corrected chi connectivity index (χ0v) is 14.2. The molecule has 1 aliphatic rings. The van der Waals surface area contributed by atoms with E-state index < -0.39 is 11.8 Å². The van der Waals surface area contributed by atoms with Crippen LogP contribution in [-0.2, 0) is 16.0 Å². The fraction of sp³-hybridized carbons (Fsp3) is 0.158. The van der Waals surface area contributed by atoms with Gasteiger partial charge in [0.1, 0.15) is 10.7 Å². The fourth-order valence-corrected chi connectivity index (χ4v) is 2.85. The topological polar surface area (TPSA) is 49.4 Å². The molecule has 5 heteroatoms. The number of carbonyl (C=O) groups is 2. The number of rotatable bonds is 4. The molecule has 2 amide bonds. The fourth-order valence-electron chi connectivity index (χ4n) is 2.64. The van der Waals surface area contributed by atoms with Crippen LogP contribution in [0.15, 0.2) is 59.3 Å². The molecule has 0 aromatic heterocycles. The third-order valence-electron chi connectivity index (χ3n) is 3.96. The zero-order valence-electron chi connectivity index (χ0n) is 13.5. The van der Waals surface area contributed by atoms with E-state index in [0.29, 0.717) is 17.8 Å². The first kappa shape index (κ1) is 16.3. The molecule has 0 spiro atoms. The minimum atomic E-state index is -0.503. The summed E-state index contributed by atoms with van der Waals surface area (Å²) in [4.78, 5) is 26.4. The number of aryl methyl sites for hydroxylation is 2. The first-order valence-electron chi connectivity index (χ1n) is 7.73. The van der Waals surface area contributed by atoms with Gasteiger partial charge in [-0.2, -0.15) is 0 Å². The monoisotopic (exact) mass is 340 g/mol. The van der Waals surface area contributed by atoms with Gasteiger partial charge < -0.3 is 5.32 Å². The maximum atomic E-state index is 12.8. The molecule has 3 rings (SSSR count). The summed E-state index contributed by atoms with van der Waals surface area (Å²) in [6.07, 6.45) is 0.714. The van der Waals surface area contributed by atoms with Crippen molar-refractivity contribution in [2.45, 2.75) is 20.3 Å². The highest BCUT2D eigenvalue weighted by atomic mass is 35.5. The second-order valence-corrected chi connectivity index (χ2v) is 5.99. The third-order valence-corrected chi connectivity index (χ3v) is 4.31. The van der Waals surface area contributed by atoms with Gasteiger partial charge in [0, 0.05) is 5.69 Å². The summed E-state index contributed by atoms with van der Waals surface area (Å²) in [5.74, 6) is -0.941. The number of hydrogen-bond acceptors (Lipinski definition) is 3. The number of para-hydroxylation sites is 1. The Morgan fingerprint density at radius 1 is 1.00 bits per heavy atom. The largest absolute Gasteiger partial charge is 0.350 e. The van der Waals surface area contributed by atoms with Crippen molar-refractivity contribution in [1.29, 1.82) is 0 Å². The van der Waals surface area contributed by atoms with E-state index in [9.17, 15) is 9.59 Å². The van der Waals surface area contributed by atoms with Gasteiger partial charge in [-0.3, -0.25) is 9.59 Å². The number of nitrogens with one attached hydrogen (secondary N) is 1. The van der Waals surface area contributed by atoms with Crippen LogP contribution in [0.4, 0.5) is 11.4 Å². The number of hydrogen-bond donors (Lipinski definition) is 1. The van der Waals surface area contributed by atoms with E-state index in [4.69, 9.17) is 11.6 Å². The molecule has 0 bridgehead atoms. The lowest BCUT2D eigenvalue weighted by Gasteiger charge is -2.18. The van der Waals surface area contributed by atoms with Crippen LogP contribution in [0.3, 0.4) is 0 Å². The standard InChI is InChI=1S/C19H17ClN2O2/c1-3-13-6-4-5-7-15(13)22-18(23)16(20)17(19(22)24)21-14-10-8-12(2)9-11-14/h4-11,21H,3H2,1-2H3. The lowest BCUT2D eigenvalue weighted by molar-refractivity contribution is -0.120. The number of carbonyl (C=O) groups excluding carboxylic acids is 2. The summed E-state index contributed by atoms with van der Waals surface area (Å²) in [6.45, 7) is 3.95. The second-order valence-electron chi connectivity index (χ2n) is 5.61. The summed E-state index contributed by atoms with van der Waals surface area (Å²) in [6, 6.07) is 14.9. The van der Waals surface area contributed by atoms with Gasteiger partial charge in [-0.15, -0.1) is 0 Å². The lowest BCUT2D eigenvalue weighted by Crippen LogP contribution is -2.33. The van der Waals surface area contributed by atoms with Crippen molar-refractivity contribution < 1.29 is 9.59 Å². The van der Waals surface area contributed by atoms with E-state index in [1.54, 1.807) is 12.1 Å². The van der Waals surface area contributed by atoms with Crippen molar-refractivity contribution in [2.24, 2.45) is 0 Å². The summed E-state index contributed by atoms with van der Waals surface area (Å²) in [5, 5.41) is 2.88. The van der Waals surface area contributed by atoms with Crippen LogP contribution in [0.5, 0.6) is 0 Å². The maximum Gasteiger partial charge on any atom is 0.283 e. The van der Waals surface area contributed by atoms with E-state index in [1.807, 2.05) is 50.2 Å². The second kappa shape index (κ2) is 6.49. The van der Waals surface area contributed by atoms with Gasteiger partial charge in [-0.25, -0.2) is 4.90 Å². The SMILES string of the molecule is CCc1ccccc1N1C(=O)C(Cl)=C(Nc2ccc(C)cc2)C1=O. The maximum absolute atomic E-state index is 12.8. The first-order chi connectivity index (χ1) is 11.5. The Hall–Kier alpha value is -2.59.